The molecule has 0 spiro atoms. The Balaban J connectivity index is 1.70. The molecule has 6 nitrogen and oxygen atoms in total. The van der Waals surface area contributed by atoms with E-state index in [4.69, 9.17) is 9.47 Å². The average molecular weight is 278 g/mol. The first-order chi connectivity index (χ1) is 9.72. The summed E-state index contributed by atoms with van der Waals surface area (Å²) in [6, 6.07) is 3.07. The summed E-state index contributed by atoms with van der Waals surface area (Å²) in [4.78, 5) is 16.1. The molecule has 20 heavy (non-hydrogen) atoms. The highest BCUT2D eigenvalue weighted by Gasteiger charge is 2.54. The van der Waals surface area contributed by atoms with Crippen LogP contribution in [0.25, 0.3) is 0 Å². The summed E-state index contributed by atoms with van der Waals surface area (Å²) in [5.41, 5.74) is 0.0611. The molecule has 4 atom stereocenters. The lowest BCUT2D eigenvalue weighted by molar-refractivity contribution is -0.0810. The van der Waals surface area contributed by atoms with Gasteiger partial charge in [-0.1, -0.05) is 0 Å². The number of amides is 1. The average Bonchev–Trinajstić information content (AvgIpc) is 2.87. The van der Waals surface area contributed by atoms with E-state index in [0.717, 1.165) is 13.0 Å². The van der Waals surface area contributed by atoms with Gasteiger partial charge in [0.25, 0.3) is 5.91 Å². The number of ether oxygens (including phenoxy) is 2. The van der Waals surface area contributed by atoms with Crippen LogP contribution in [-0.2, 0) is 9.47 Å². The van der Waals surface area contributed by atoms with Crippen LogP contribution >= 0.6 is 0 Å². The van der Waals surface area contributed by atoms with Gasteiger partial charge in [0.15, 0.2) is 5.69 Å². The van der Waals surface area contributed by atoms with E-state index in [2.05, 4.69) is 10.3 Å². The molecule has 0 radical (unpaired) electrons. The number of nitrogens with one attached hydrogen (secondary N) is 1. The number of carbonyl (C=O) groups is 1. The number of aromatic hydroxyl groups is 1. The molecular weight excluding hydrogens is 260 g/mol. The quantitative estimate of drug-likeness (QED) is 0.841. The Morgan fingerprint density at radius 1 is 1.65 bits per heavy atom. The Morgan fingerprint density at radius 3 is 3.25 bits per heavy atom. The van der Waals surface area contributed by atoms with Crippen LogP contribution in [0.2, 0.25) is 0 Å². The number of rotatable bonds is 4. The van der Waals surface area contributed by atoms with E-state index in [9.17, 15) is 9.90 Å². The fourth-order valence-corrected chi connectivity index (χ4v) is 3.23. The molecule has 108 valence electrons. The largest absolute Gasteiger partial charge is 0.505 e. The molecule has 0 aromatic carbocycles. The van der Waals surface area contributed by atoms with E-state index >= 15 is 0 Å². The minimum absolute atomic E-state index is 0.0244. The van der Waals surface area contributed by atoms with Gasteiger partial charge in [-0.15, -0.1) is 0 Å². The first-order valence-electron chi connectivity index (χ1n) is 6.77. The zero-order chi connectivity index (χ0) is 14.1. The van der Waals surface area contributed by atoms with Crippen LogP contribution in [0.5, 0.6) is 5.75 Å². The molecule has 0 bridgehead atoms. The van der Waals surface area contributed by atoms with Crippen LogP contribution in [0.3, 0.4) is 0 Å². The number of hydrogen-bond donors (Lipinski definition) is 2. The molecule has 0 unspecified atom stereocenters. The van der Waals surface area contributed by atoms with Gasteiger partial charge in [0, 0.05) is 37.8 Å². The monoisotopic (exact) mass is 278 g/mol. The highest BCUT2D eigenvalue weighted by atomic mass is 16.5. The molecule has 1 aliphatic carbocycles. The minimum Gasteiger partial charge on any atom is -0.505 e. The van der Waals surface area contributed by atoms with Gasteiger partial charge in [0.1, 0.15) is 5.75 Å². The Bertz CT molecular complexity index is 508. The zero-order valence-corrected chi connectivity index (χ0v) is 11.3. The van der Waals surface area contributed by atoms with Crippen molar-refractivity contribution in [1.29, 1.82) is 0 Å². The normalized spacial score (nSPS) is 31.4. The van der Waals surface area contributed by atoms with Crippen molar-refractivity contribution in [1.82, 2.24) is 10.3 Å². The molecule has 6 heteroatoms. The van der Waals surface area contributed by atoms with Gasteiger partial charge in [-0.05, 0) is 18.6 Å². The molecule has 1 saturated carbocycles. The number of pyridine rings is 1. The van der Waals surface area contributed by atoms with Crippen molar-refractivity contribution in [2.24, 2.45) is 11.8 Å². The first-order valence-corrected chi connectivity index (χ1v) is 6.77. The number of carbonyl (C=O) groups excluding carboxylic acids is 1. The van der Waals surface area contributed by atoms with E-state index in [-0.39, 0.29) is 35.4 Å². The van der Waals surface area contributed by atoms with Crippen LogP contribution in [-0.4, -0.2) is 48.5 Å². The van der Waals surface area contributed by atoms with Crippen LogP contribution in [0, 0.1) is 11.8 Å². The fourth-order valence-electron chi connectivity index (χ4n) is 3.23. The van der Waals surface area contributed by atoms with Crippen molar-refractivity contribution in [3.05, 3.63) is 24.0 Å². The molecule has 1 amide bonds. The lowest BCUT2D eigenvalue weighted by Crippen LogP contribution is -2.62. The summed E-state index contributed by atoms with van der Waals surface area (Å²) >= 11 is 0. The molecular formula is C14H18N2O4. The van der Waals surface area contributed by atoms with Crippen molar-refractivity contribution in [2.45, 2.75) is 18.6 Å². The smallest absolute Gasteiger partial charge is 0.273 e. The SMILES string of the molecule is COC[C@@H]1[C@H](NC(=O)c2ncccc2O)[C@@H]2CCO[C@H]12. The number of nitrogens with zero attached hydrogens (tertiary/aromatic N) is 1. The summed E-state index contributed by atoms with van der Waals surface area (Å²) in [6.45, 7) is 1.29. The predicted molar refractivity (Wildman–Crippen MR) is 70.4 cm³/mol. The van der Waals surface area contributed by atoms with Gasteiger partial charge in [0.05, 0.1) is 12.7 Å². The van der Waals surface area contributed by atoms with Crippen molar-refractivity contribution < 1.29 is 19.4 Å². The molecule has 2 N–H and O–H groups in total. The predicted octanol–water partition coefficient (Wildman–Crippen LogP) is 0.567. The van der Waals surface area contributed by atoms with Gasteiger partial charge in [0.2, 0.25) is 0 Å². The lowest BCUT2D eigenvalue weighted by Gasteiger charge is -2.47. The molecule has 2 aliphatic rings. The third-order valence-corrected chi connectivity index (χ3v) is 4.19. The lowest BCUT2D eigenvalue weighted by atomic mass is 9.67. The second-order valence-electron chi connectivity index (χ2n) is 5.28. The Labute approximate surface area is 117 Å². The highest BCUT2D eigenvalue weighted by molar-refractivity contribution is 5.95. The van der Waals surface area contributed by atoms with Crippen LogP contribution in [0.1, 0.15) is 16.9 Å². The Hall–Kier alpha value is -1.66. The van der Waals surface area contributed by atoms with E-state index in [1.165, 1.54) is 12.3 Å². The number of hydrogen-bond acceptors (Lipinski definition) is 5. The van der Waals surface area contributed by atoms with Crippen molar-refractivity contribution in [3.63, 3.8) is 0 Å². The van der Waals surface area contributed by atoms with Crippen LogP contribution in [0.15, 0.2) is 18.3 Å². The summed E-state index contributed by atoms with van der Waals surface area (Å²) in [7, 11) is 1.64. The van der Waals surface area contributed by atoms with Crippen molar-refractivity contribution in [2.75, 3.05) is 20.3 Å². The number of fused-ring (bicyclic) bond motifs is 1. The van der Waals surface area contributed by atoms with Gasteiger partial charge < -0.3 is 19.9 Å². The van der Waals surface area contributed by atoms with E-state index in [1.807, 2.05) is 0 Å². The summed E-state index contributed by atoms with van der Waals surface area (Å²) < 4.78 is 10.9. The molecule has 1 aliphatic heterocycles. The molecule has 1 aromatic rings. The first kappa shape index (κ1) is 13.3. The fraction of sp³-hybridized carbons (Fsp3) is 0.571. The van der Waals surface area contributed by atoms with Gasteiger partial charge >= 0.3 is 0 Å². The summed E-state index contributed by atoms with van der Waals surface area (Å²) in [5.74, 6) is 0.0543. The Morgan fingerprint density at radius 2 is 2.50 bits per heavy atom. The van der Waals surface area contributed by atoms with Crippen molar-refractivity contribution in [3.8, 4) is 5.75 Å². The second-order valence-corrected chi connectivity index (χ2v) is 5.28. The van der Waals surface area contributed by atoms with Gasteiger partial charge in [-0.2, -0.15) is 0 Å². The minimum atomic E-state index is -0.348. The van der Waals surface area contributed by atoms with Gasteiger partial charge in [-0.3, -0.25) is 4.79 Å². The third-order valence-electron chi connectivity index (χ3n) is 4.19. The summed E-state index contributed by atoms with van der Waals surface area (Å²) in [6.07, 6.45) is 2.62. The molecule has 3 rings (SSSR count). The second kappa shape index (κ2) is 5.38. The molecule has 2 fully saturated rings. The topological polar surface area (TPSA) is 80.7 Å². The third kappa shape index (κ3) is 2.14. The molecule has 1 saturated heterocycles. The molecule has 1 aromatic heterocycles. The number of methoxy groups -OCH3 is 1. The van der Waals surface area contributed by atoms with Crippen molar-refractivity contribution >= 4 is 5.91 Å². The van der Waals surface area contributed by atoms with Crippen LogP contribution < -0.4 is 5.32 Å². The van der Waals surface area contributed by atoms with E-state index < -0.39 is 0 Å². The summed E-state index contributed by atoms with van der Waals surface area (Å²) in [5, 5.41) is 12.6. The number of aromatic nitrogens is 1. The standard InChI is InChI=1S/C14H18N2O4/c1-19-7-9-11(8-4-6-20-13(8)9)16-14(18)12-10(17)3-2-5-15-12/h2-3,5,8-9,11,13,17H,4,6-7H2,1H3,(H,16,18)/t8-,9+,11+,13-/m0/s1. The maximum Gasteiger partial charge on any atom is 0.273 e. The van der Waals surface area contributed by atoms with E-state index in [1.54, 1.807) is 13.2 Å². The highest BCUT2D eigenvalue weighted by Crippen LogP contribution is 2.43. The van der Waals surface area contributed by atoms with E-state index in [0.29, 0.717) is 12.5 Å². The zero-order valence-electron chi connectivity index (χ0n) is 11.3. The maximum absolute atomic E-state index is 12.2. The molecule has 2 heterocycles. The Kier molecular flexibility index (Phi) is 3.58. The van der Waals surface area contributed by atoms with Crippen LogP contribution in [0.4, 0.5) is 0 Å². The maximum atomic E-state index is 12.2. The van der Waals surface area contributed by atoms with Gasteiger partial charge in [-0.25, -0.2) is 4.98 Å².